The molecule has 19 heavy (non-hydrogen) atoms. The Morgan fingerprint density at radius 3 is 2.89 bits per heavy atom. The SMILES string of the molecule is CC1OCCC1N(C)C1(CN)CCN2CCCC2C1. The molecular weight excluding hydrogens is 238 g/mol. The van der Waals surface area contributed by atoms with E-state index >= 15 is 0 Å². The summed E-state index contributed by atoms with van der Waals surface area (Å²) in [4.78, 5) is 5.26. The van der Waals surface area contributed by atoms with E-state index in [1.165, 1.54) is 38.8 Å². The van der Waals surface area contributed by atoms with Gasteiger partial charge in [-0.3, -0.25) is 4.90 Å². The molecule has 0 saturated carbocycles. The van der Waals surface area contributed by atoms with Gasteiger partial charge in [-0.25, -0.2) is 0 Å². The summed E-state index contributed by atoms with van der Waals surface area (Å²) >= 11 is 0. The Hall–Kier alpha value is -0.160. The highest BCUT2D eigenvalue weighted by Crippen LogP contribution is 2.38. The van der Waals surface area contributed by atoms with E-state index in [0.717, 1.165) is 25.6 Å². The molecule has 0 bridgehead atoms. The maximum atomic E-state index is 6.23. The van der Waals surface area contributed by atoms with Gasteiger partial charge in [0.25, 0.3) is 0 Å². The van der Waals surface area contributed by atoms with Crippen LogP contribution in [0.1, 0.15) is 39.0 Å². The molecule has 0 spiro atoms. The first kappa shape index (κ1) is 13.8. The number of piperidine rings is 1. The van der Waals surface area contributed by atoms with Crippen molar-refractivity contribution in [3.05, 3.63) is 0 Å². The summed E-state index contributed by atoms with van der Waals surface area (Å²) in [6.07, 6.45) is 6.73. The van der Waals surface area contributed by atoms with Gasteiger partial charge in [0.2, 0.25) is 0 Å². The number of hydrogen-bond donors (Lipinski definition) is 1. The van der Waals surface area contributed by atoms with Crippen LogP contribution in [0.25, 0.3) is 0 Å². The van der Waals surface area contributed by atoms with Gasteiger partial charge in [-0.15, -0.1) is 0 Å². The van der Waals surface area contributed by atoms with Gasteiger partial charge in [-0.2, -0.15) is 0 Å². The Balaban J connectivity index is 1.75. The molecule has 3 rings (SSSR count). The largest absolute Gasteiger partial charge is 0.377 e. The van der Waals surface area contributed by atoms with Crippen molar-refractivity contribution >= 4 is 0 Å². The lowest BCUT2D eigenvalue weighted by atomic mass is 9.80. The minimum absolute atomic E-state index is 0.206. The van der Waals surface area contributed by atoms with Crippen molar-refractivity contribution in [1.82, 2.24) is 9.80 Å². The zero-order chi connectivity index (χ0) is 13.5. The third-order valence-electron chi connectivity index (χ3n) is 5.94. The van der Waals surface area contributed by atoms with Gasteiger partial charge in [0.1, 0.15) is 0 Å². The fourth-order valence-corrected chi connectivity index (χ4v) is 4.54. The Kier molecular flexibility index (Phi) is 3.87. The molecule has 4 unspecified atom stereocenters. The minimum atomic E-state index is 0.206. The van der Waals surface area contributed by atoms with Crippen LogP contribution in [0.15, 0.2) is 0 Å². The molecule has 3 fully saturated rings. The predicted octanol–water partition coefficient (Wildman–Crippen LogP) is 1.05. The van der Waals surface area contributed by atoms with Crippen LogP contribution in [0.3, 0.4) is 0 Å². The number of likely N-dealkylation sites (N-methyl/N-ethyl adjacent to an activating group) is 1. The second-order valence-electron chi connectivity index (χ2n) is 6.76. The first-order valence-electron chi connectivity index (χ1n) is 7.95. The van der Waals surface area contributed by atoms with Gasteiger partial charge in [0.15, 0.2) is 0 Å². The average molecular weight is 267 g/mol. The lowest BCUT2D eigenvalue weighted by Crippen LogP contribution is -2.63. The third kappa shape index (κ3) is 2.33. The van der Waals surface area contributed by atoms with Crippen LogP contribution in [0.4, 0.5) is 0 Å². The van der Waals surface area contributed by atoms with Crippen molar-refractivity contribution in [3.63, 3.8) is 0 Å². The maximum Gasteiger partial charge on any atom is 0.0703 e. The van der Waals surface area contributed by atoms with Crippen molar-refractivity contribution in [1.29, 1.82) is 0 Å². The summed E-state index contributed by atoms with van der Waals surface area (Å²) in [5.74, 6) is 0. The number of nitrogens with two attached hydrogens (primary N) is 1. The van der Waals surface area contributed by atoms with Gasteiger partial charge in [0.05, 0.1) is 6.10 Å². The fraction of sp³-hybridized carbons (Fsp3) is 1.00. The van der Waals surface area contributed by atoms with E-state index < -0.39 is 0 Å². The van der Waals surface area contributed by atoms with E-state index in [2.05, 4.69) is 23.8 Å². The second kappa shape index (κ2) is 5.32. The van der Waals surface area contributed by atoms with E-state index in [-0.39, 0.29) is 5.54 Å². The highest BCUT2D eigenvalue weighted by atomic mass is 16.5. The molecule has 4 atom stereocenters. The maximum absolute atomic E-state index is 6.23. The number of nitrogens with zero attached hydrogens (tertiary/aromatic N) is 2. The summed E-state index contributed by atoms with van der Waals surface area (Å²) in [6.45, 7) is 6.44. The molecule has 110 valence electrons. The molecule has 0 aromatic rings. The lowest BCUT2D eigenvalue weighted by molar-refractivity contribution is -0.0184. The van der Waals surface area contributed by atoms with E-state index in [1.54, 1.807) is 0 Å². The van der Waals surface area contributed by atoms with Crippen LogP contribution in [-0.4, -0.2) is 66.8 Å². The van der Waals surface area contributed by atoms with Crippen LogP contribution < -0.4 is 5.73 Å². The van der Waals surface area contributed by atoms with Gasteiger partial charge in [0, 0.05) is 37.3 Å². The van der Waals surface area contributed by atoms with Gasteiger partial charge >= 0.3 is 0 Å². The first-order chi connectivity index (χ1) is 9.16. The topological polar surface area (TPSA) is 41.7 Å². The number of hydrogen-bond acceptors (Lipinski definition) is 4. The highest BCUT2D eigenvalue weighted by molar-refractivity contribution is 5.03. The molecule has 4 heteroatoms. The Labute approximate surface area is 117 Å². The average Bonchev–Trinajstić information content (AvgIpc) is 3.05. The molecule has 0 aromatic heterocycles. The zero-order valence-electron chi connectivity index (χ0n) is 12.5. The Morgan fingerprint density at radius 2 is 2.21 bits per heavy atom. The summed E-state index contributed by atoms with van der Waals surface area (Å²) in [5, 5.41) is 0. The fourth-order valence-electron chi connectivity index (χ4n) is 4.54. The number of fused-ring (bicyclic) bond motifs is 1. The summed E-state index contributed by atoms with van der Waals surface area (Å²) in [5.41, 5.74) is 6.44. The molecule has 4 nitrogen and oxygen atoms in total. The molecule has 3 heterocycles. The zero-order valence-corrected chi connectivity index (χ0v) is 12.5. The van der Waals surface area contributed by atoms with Gasteiger partial charge < -0.3 is 15.4 Å². The molecule has 0 radical (unpaired) electrons. The Bertz CT molecular complexity index is 325. The summed E-state index contributed by atoms with van der Waals surface area (Å²) < 4.78 is 5.76. The normalized spacial score (nSPS) is 43.9. The molecule has 0 aromatic carbocycles. The molecule has 0 aliphatic carbocycles. The summed E-state index contributed by atoms with van der Waals surface area (Å²) in [6, 6.07) is 1.33. The molecule has 3 aliphatic heterocycles. The number of ether oxygens (including phenoxy) is 1. The lowest BCUT2D eigenvalue weighted by Gasteiger charge is -2.51. The van der Waals surface area contributed by atoms with Crippen molar-refractivity contribution in [3.8, 4) is 0 Å². The predicted molar refractivity (Wildman–Crippen MR) is 77.2 cm³/mol. The van der Waals surface area contributed by atoms with Crippen molar-refractivity contribution < 1.29 is 4.74 Å². The van der Waals surface area contributed by atoms with Crippen molar-refractivity contribution in [2.75, 3.05) is 33.3 Å². The van der Waals surface area contributed by atoms with Gasteiger partial charge in [-0.1, -0.05) is 0 Å². The number of rotatable bonds is 3. The van der Waals surface area contributed by atoms with Gasteiger partial charge in [-0.05, 0) is 52.6 Å². The standard InChI is InChI=1S/C15H29N3O/c1-12-14(5-9-19-12)17(2)15(11-16)6-8-18-7-3-4-13(18)10-15/h12-14H,3-11,16H2,1-2H3. The van der Waals surface area contributed by atoms with E-state index in [9.17, 15) is 0 Å². The molecule has 2 N–H and O–H groups in total. The monoisotopic (exact) mass is 267 g/mol. The van der Waals surface area contributed by atoms with Crippen LogP contribution in [0, 0.1) is 0 Å². The van der Waals surface area contributed by atoms with E-state index in [0.29, 0.717) is 12.1 Å². The quantitative estimate of drug-likeness (QED) is 0.830. The molecule has 0 amide bonds. The van der Waals surface area contributed by atoms with Crippen LogP contribution in [0.2, 0.25) is 0 Å². The summed E-state index contributed by atoms with van der Waals surface area (Å²) in [7, 11) is 2.29. The smallest absolute Gasteiger partial charge is 0.0703 e. The first-order valence-corrected chi connectivity index (χ1v) is 7.95. The van der Waals surface area contributed by atoms with Crippen LogP contribution >= 0.6 is 0 Å². The van der Waals surface area contributed by atoms with Crippen molar-refractivity contribution in [2.24, 2.45) is 5.73 Å². The molecule has 3 aliphatic rings. The van der Waals surface area contributed by atoms with Crippen LogP contribution in [0.5, 0.6) is 0 Å². The van der Waals surface area contributed by atoms with E-state index in [4.69, 9.17) is 10.5 Å². The third-order valence-corrected chi connectivity index (χ3v) is 5.94. The minimum Gasteiger partial charge on any atom is -0.377 e. The van der Waals surface area contributed by atoms with Crippen LogP contribution in [-0.2, 0) is 4.74 Å². The Morgan fingerprint density at radius 1 is 1.37 bits per heavy atom. The highest BCUT2D eigenvalue weighted by Gasteiger charge is 2.46. The molecular formula is C15H29N3O. The molecule has 3 saturated heterocycles. The van der Waals surface area contributed by atoms with E-state index in [1.807, 2.05) is 0 Å². The second-order valence-corrected chi connectivity index (χ2v) is 6.76. The van der Waals surface area contributed by atoms with Crippen molar-refractivity contribution in [2.45, 2.75) is 62.8 Å².